The lowest BCUT2D eigenvalue weighted by atomic mass is 10.1. The molecule has 19 heavy (non-hydrogen) atoms. The molecule has 0 heterocycles. The van der Waals surface area contributed by atoms with E-state index in [0.29, 0.717) is 11.3 Å². The molecule has 5 heteroatoms. The number of nitrogen functional groups attached to an aromatic ring is 1. The van der Waals surface area contributed by atoms with Crippen LogP contribution in [0.15, 0.2) is 18.2 Å². The highest BCUT2D eigenvalue weighted by molar-refractivity contribution is 5.91. The first-order valence-corrected chi connectivity index (χ1v) is 6.56. The van der Waals surface area contributed by atoms with Crippen molar-refractivity contribution in [1.29, 1.82) is 0 Å². The number of rotatable bonds is 7. The molecule has 3 N–H and O–H groups in total. The van der Waals surface area contributed by atoms with Crippen LogP contribution in [-0.4, -0.2) is 44.2 Å². The summed E-state index contributed by atoms with van der Waals surface area (Å²) in [5, 5.41) is 3.26. The number of nitrogens with two attached hydrogens (primary N) is 1. The van der Waals surface area contributed by atoms with E-state index in [1.54, 1.807) is 18.2 Å². The molecule has 0 aliphatic carbocycles. The molecule has 0 spiro atoms. The Balaban J connectivity index is 2.64. The van der Waals surface area contributed by atoms with Gasteiger partial charge in [0.2, 0.25) is 0 Å². The number of hydrogen-bond acceptors (Lipinski definition) is 5. The van der Waals surface area contributed by atoms with Crippen LogP contribution in [0.1, 0.15) is 24.2 Å². The average Bonchev–Trinajstić information content (AvgIpc) is 2.44. The minimum atomic E-state index is -0.355. The van der Waals surface area contributed by atoms with Crippen LogP contribution in [0.3, 0.4) is 0 Å². The van der Waals surface area contributed by atoms with Gasteiger partial charge in [-0.3, -0.25) is 0 Å². The maximum Gasteiger partial charge on any atom is 0.337 e. The minimum absolute atomic E-state index is 0.355. The molecule has 0 aliphatic heterocycles. The third kappa shape index (κ3) is 4.44. The molecule has 0 atom stereocenters. The SMILES string of the molecule is CCN(CC)CCNc1cc(C(=O)OC)ccc1N. The first-order valence-electron chi connectivity index (χ1n) is 6.56. The molecule has 0 fully saturated rings. The Labute approximate surface area is 114 Å². The molecular formula is C14H23N3O2. The molecule has 0 saturated heterocycles. The molecule has 0 unspecified atom stereocenters. The van der Waals surface area contributed by atoms with Gasteiger partial charge in [0.25, 0.3) is 0 Å². The largest absolute Gasteiger partial charge is 0.465 e. The van der Waals surface area contributed by atoms with E-state index >= 15 is 0 Å². The van der Waals surface area contributed by atoms with E-state index in [9.17, 15) is 4.79 Å². The summed E-state index contributed by atoms with van der Waals surface area (Å²) in [5.41, 5.74) is 7.79. The van der Waals surface area contributed by atoms with E-state index in [4.69, 9.17) is 10.5 Å². The molecule has 0 aromatic heterocycles. The van der Waals surface area contributed by atoms with Crippen molar-refractivity contribution in [2.24, 2.45) is 0 Å². The number of likely N-dealkylation sites (N-methyl/N-ethyl adjacent to an activating group) is 1. The molecule has 106 valence electrons. The lowest BCUT2D eigenvalue weighted by molar-refractivity contribution is 0.0601. The van der Waals surface area contributed by atoms with Crippen LogP contribution in [0.5, 0.6) is 0 Å². The monoisotopic (exact) mass is 265 g/mol. The molecule has 5 nitrogen and oxygen atoms in total. The van der Waals surface area contributed by atoms with Gasteiger partial charge < -0.3 is 20.7 Å². The van der Waals surface area contributed by atoms with Crippen molar-refractivity contribution in [2.75, 3.05) is 44.3 Å². The second kappa shape index (κ2) is 7.63. The number of nitrogens with one attached hydrogen (secondary N) is 1. The van der Waals surface area contributed by atoms with Gasteiger partial charge in [-0.05, 0) is 31.3 Å². The average molecular weight is 265 g/mol. The number of nitrogens with zero attached hydrogens (tertiary/aromatic N) is 1. The van der Waals surface area contributed by atoms with Gasteiger partial charge >= 0.3 is 5.97 Å². The normalized spacial score (nSPS) is 10.5. The van der Waals surface area contributed by atoms with Gasteiger partial charge in [0.1, 0.15) is 0 Å². The summed E-state index contributed by atoms with van der Waals surface area (Å²) in [6.45, 7) is 8.04. The highest BCUT2D eigenvalue weighted by atomic mass is 16.5. The summed E-state index contributed by atoms with van der Waals surface area (Å²) in [4.78, 5) is 13.8. The van der Waals surface area contributed by atoms with Crippen LogP contribution < -0.4 is 11.1 Å². The second-order valence-corrected chi connectivity index (χ2v) is 4.25. The lowest BCUT2D eigenvalue weighted by Gasteiger charge is -2.19. The van der Waals surface area contributed by atoms with E-state index in [2.05, 4.69) is 24.1 Å². The maximum absolute atomic E-state index is 11.5. The third-order valence-corrected chi connectivity index (χ3v) is 3.11. The fraction of sp³-hybridized carbons (Fsp3) is 0.500. The van der Waals surface area contributed by atoms with Crippen LogP contribution in [0.2, 0.25) is 0 Å². The third-order valence-electron chi connectivity index (χ3n) is 3.11. The molecule has 1 aromatic rings. The number of esters is 1. The Morgan fingerprint density at radius 3 is 2.63 bits per heavy atom. The van der Waals surface area contributed by atoms with Gasteiger partial charge in [-0.25, -0.2) is 4.79 Å². The molecule has 0 radical (unpaired) electrons. The van der Waals surface area contributed by atoms with Crippen molar-refractivity contribution in [3.8, 4) is 0 Å². The Hall–Kier alpha value is -1.75. The minimum Gasteiger partial charge on any atom is -0.465 e. The Kier molecular flexibility index (Phi) is 6.15. The number of anilines is 2. The first kappa shape index (κ1) is 15.3. The Morgan fingerprint density at radius 1 is 1.37 bits per heavy atom. The van der Waals surface area contributed by atoms with Gasteiger partial charge in [-0.15, -0.1) is 0 Å². The molecule has 0 aliphatic rings. The van der Waals surface area contributed by atoms with Crippen molar-refractivity contribution in [2.45, 2.75) is 13.8 Å². The predicted octanol–water partition coefficient (Wildman–Crippen LogP) is 1.81. The van der Waals surface area contributed by atoms with Gasteiger partial charge in [-0.1, -0.05) is 13.8 Å². The van der Waals surface area contributed by atoms with Crippen molar-refractivity contribution < 1.29 is 9.53 Å². The lowest BCUT2D eigenvalue weighted by Crippen LogP contribution is -2.28. The van der Waals surface area contributed by atoms with Crippen LogP contribution >= 0.6 is 0 Å². The van der Waals surface area contributed by atoms with Gasteiger partial charge in [0, 0.05) is 13.1 Å². The van der Waals surface area contributed by atoms with E-state index < -0.39 is 0 Å². The van der Waals surface area contributed by atoms with Gasteiger partial charge in [0.15, 0.2) is 0 Å². The van der Waals surface area contributed by atoms with Crippen molar-refractivity contribution in [3.63, 3.8) is 0 Å². The number of carbonyl (C=O) groups is 1. The van der Waals surface area contributed by atoms with Crippen molar-refractivity contribution in [3.05, 3.63) is 23.8 Å². The molecule has 0 amide bonds. The Morgan fingerprint density at radius 2 is 2.05 bits per heavy atom. The fourth-order valence-corrected chi connectivity index (χ4v) is 1.84. The van der Waals surface area contributed by atoms with E-state index in [1.807, 2.05) is 0 Å². The molecular weight excluding hydrogens is 242 g/mol. The summed E-state index contributed by atoms with van der Waals surface area (Å²) in [7, 11) is 1.37. The van der Waals surface area contributed by atoms with Crippen LogP contribution in [-0.2, 0) is 4.74 Å². The topological polar surface area (TPSA) is 67.6 Å². The van der Waals surface area contributed by atoms with Crippen LogP contribution in [0.4, 0.5) is 11.4 Å². The predicted molar refractivity (Wildman–Crippen MR) is 78.5 cm³/mol. The van der Waals surface area contributed by atoms with Gasteiger partial charge in [-0.2, -0.15) is 0 Å². The molecule has 0 saturated carbocycles. The zero-order valence-electron chi connectivity index (χ0n) is 11.9. The number of carbonyl (C=O) groups excluding carboxylic acids is 1. The zero-order chi connectivity index (χ0) is 14.3. The van der Waals surface area contributed by atoms with Crippen molar-refractivity contribution >= 4 is 17.3 Å². The summed E-state index contributed by atoms with van der Waals surface area (Å²) >= 11 is 0. The number of ether oxygens (including phenoxy) is 1. The summed E-state index contributed by atoms with van der Waals surface area (Å²) in [6, 6.07) is 5.10. The smallest absolute Gasteiger partial charge is 0.337 e. The van der Waals surface area contributed by atoms with Crippen LogP contribution in [0, 0.1) is 0 Å². The second-order valence-electron chi connectivity index (χ2n) is 4.25. The quantitative estimate of drug-likeness (QED) is 0.581. The van der Waals surface area contributed by atoms with E-state index in [-0.39, 0.29) is 5.97 Å². The first-order chi connectivity index (χ1) is 9.12. The number of benzene rings is 1. The standard InChI is InChI=1S/C14H23N3O2/c1-4-17(5-2)9-8-16-13-10-11(14(18)19-3)6-7-12(13)15/h6-7,10,16H,4-5,8-9,15H2,1-3H3. The number of hydrogen-bond donors (Lipinski definition) is 2. The van der Waals surface area contributed by atoms with Crippen molar-refractivity contribution in [1.82, 2.24) is 4.90 Å². The molecule has 0 bridgehead atoms. The van der Waals surface area contributed by atoms with Gasteiger partial charge in [0.05, 0.1) is 24.0 Å². The number of methoxy groups -OCH3 is 1. The Bertz CT molecular complexity index is 417. The fourth-order valence-electron chi connectivity index (χ4n) is 1.84. The highest BCUT2D eigenvalue weighted by Gasteiger charge is 2.08. The van der Waals surface area contributed by atoms with Crippen LogP contribution in [0.25, 0.3) is 0 Å². The molecule has 1 aromatic carbocycles. The van der Waals surface area contributed by atoms with E-state index in [1.165, 1.54) is 7.11 Å². The highest BCUT2D eigenvalue weighted by Crippen LogP contribution is 2.20. The maximum atomic E-state index is 11.5. The summed E-state index contributed by atoms with van der Waals surface area (Å²) in [6.07, 6.45) is 0. The summed E-state index contributed by atoms with van der Waals surface area (Å²) < 4.78 is 4.69. The molecule has 1 rings (SSSR count). The summed E-state index contributed by atoms with van der Waals surface area (Å²) in [5.74, 6) is -0.355. The zero-order valence-corrected chi connectivity index (χ0v) is 11.9. The van der Waals surface area contributed by atoms with E-state index in [0.717, 1.165) is 31.9 Å².